The van der Waals surface area contributed by atoms with Gasteiger partial charge < -0.3 is 10.6 Å². The fraction of sp³-hybridized carbons (Fsp3) is 0.364. The summed E-state index contributed by atoms with van der Waals surface area (Å²) in [6, 6.07) is 5.77. The first-order valence-electron chi connectivity index (χ1n) is 4.89. The second-order valence-electron chi connectivity index (χ2n) is 3.67. The van der Waals surface area contributed by atoms with Gasteiger partial charge in [-0.25, -0.2) is 4.98 Å². The highest BCUT2D eigenvalue weighted by Gasteiger charge is 2.10. The SMILES string of the molecule is CC1=CCN(c2cccc(N)n2)CC1. The molecule has 74 valence electrons. The van der Waals surface area contributed by atoms with Crippen LogP contribution in [0, 0.1) is 0 Å². The van der Waals surface area contributed by atoms with Crippen molar-refractivity contribution in [1.82, 2.24) is 4.98 Å². The second-order valence-corrected chi connectivity index (χ2v) is 3.67. The highest BCUT2D eigenvalue weighted by molar-refractivity contribution is 5.46. The Morgan fingerprint density at radius 3 is 2.93 bits per heavy atom. The predicted molar refractivity (Wildman–Crippen MR) is 59.2 cm³/mol. The molecule has 0 atom stereocenters. The van der Waals surface area contributed by atoms with E-state index < -0.39 is 0 Å². The highest BCUT2D eigenvalue weighted by Crippen LogP contribution is 2.17. The third-order valence-electron chi connectivity index (χ3n) is 2.52. The van der Waals surface area contributed by atoms with Crippen LogP contribution in [0.3, 0.4) is 0 Å². The number of hydrogen-bond donors (Lipinski definition) is 1. The Bertz CT molecular complexity index is 357. The van der Waals surface area contributed by atoms with Crippen molar-refractivity contribution < 1.29 is 0 Å². The van der Waals surface area contributed by atoms with Crippen LogP contribution in [0.1, 0.15) is 13.3 Å². The Balaban J connectivity index is 2.16. The van der Waals surface area contributed by atoms with E-state index in [1.54, 1.807) is 0 Å². The summed E-state index contributed by atoms with van der Waals surface area (Å²) in [4.78, 5) is 6.54. The topological polar surface area (TPSA) is 42.1 Å². The molecule has 0 radical (unpaired) electrons. The van der Waals surface area contributed by atoms with E-state index in [0.717, 1.165) is 25.3 Å². The molecular formula is C11H15N3. The summed E-state index contributed by atoms with van der Waals surface area (Å²) in [6.45, 7) is 4.16. The van der Waals surface area contributed by atoms with Crippen molar-refractivity contribution in [3.8, 4) is 0 Å². The average Bonchev–Trinajstić information content (AvgIpc) is 2.19. The molecule has 1 aromatic heterocycles. The standard InChI is InChI=1S/C11H15N3/c1-9-5-7-14(8-6-9)11-4-2-3-10(12)13-11/h2-5H,6-8H2,1H3,(H2,12,13). The van der Waals surface area contributed by atoms with Crippen LogP contribution in [0.4, 0.5) is 11.6 Å². The van der Waals surface area contributed by atoms with Crippen LogP contribution < -0.4 is 10.6 Å². The molecule has 0 amide bonds. The summed E-state index contributed by atoms with van der Waals surface area (Å²) in [5.74, 6) is 1.57. The number of pyridine rings is 1. The van der Waals surface area contributed by atoms with Gasteiger partial charge >= 0.3 is 0 Å². The zero-order valence-electron chi connectivity index (χ0n) is 8.40. The molecule has 0 aliphatic carbocycles. The van der Waals surface area contributed by atoms with Crippen LogP contribution >= 0.6 is 0 Å². The molecule has 0 spiro atoms. The van der Waals surface area contributed by atoms with Crippen molar-refractivity contribution in [2.45, 2.75) is 13.3 Å². The zero-order chi connectivity index (χ0) is 9.97. The molecule has 3 heteroatoms. The summed E-state index contributed by atoms with van der Waals surface area (Å²) in [5.41, 5.74) is 7.10. The Labute approximate surface area is 84.2 Å². The van der Waals surface area contributed by atoms with Gasteiger partial charge in [0.15, 0.2) is 0 Å². The van der Waals surface area contributed by atoms with Crippen molar-refractivity contribution in [3.63, 3.8) is 0 Å². The molecule has 2 heterocycles. The minimum Gasteiger partial charge on any atom is -0.384 e. The number of aromatic nitrogens is 1. The van der Waals surface area contributed by atoms with Gasteiger partial charge in [0.2, 0.25) is 0 Å². The van der Waals surface area contributed by atoms with Crippen LogP contribution in [0.15, 0.2) is 29.8 Å². The van der Waals surface area contributed by atoms with E-state index in [1.807, 2.05) is 18.2 Å². The number of nitrogens with two attached hydrogens (primary N) is 1. The molecule has 0 saturated heterocycles. The Kier molecular flexibility index (Phi) is 2.39. The first-order valence-corrected chi connectivity index (χ1v) is 4.89. The lowest BCUT2D eigenvalue weighted by molar-refractivity contribution is 0.776. The number of hydrogen-bond acceptors (Lipinski definition) is 3. The molecule has 0 aromatic carbocycles. The summed E-state index contributed by atoms with van der Waals surface area (Å²) in [7, 11) is 0. The average molecular weight is 189 g/mol. The van der Waals surface area contributed by atoms with E-state index in [4.69, 9.17) is 5.73 Å². The number of anilines is 2. The molecule has 3 nitrogen and oxygen atoms in total. The fourth-order valence-electron chi connectivity index (χ4n) is 1.59. The number of rotatable bonds is 1. The summed E-state index contributed by atoms with van der Waals surface area (Å²) in [6.07, 6.45) is 3.37. The first kappa shape index (κ1) is 9.06. The smallest absolute Gasteiger partial charge is 0.131 e. The van der Waals surface area contributed by atoms with E-state index in [0.29, 0.717) is 5.82 Å². The Morgan fingerprint density at radius 2 is 2.29 bits per heavy atom. The predicted octanol–water partition coefficient (Wildman–Crippen LogP) is 1.82. The van der Waals surface area contributed by atoms with Crippen molar-refractivity contribution in [1.29, 1.82) is 0 Å². The Morgan fingerprint density at radius 1 is 1.43 bits per heavy atom. The maximum atomic E-state index is 5.64. The first-order chi connectivity index (χ1) is 6.75. The minimum atomic E-state index is 0.591. The molecule has 1 aliphatic heterocycles. The third kappa shape index (κ3) is 1.87. The van der Waals surface area contributed by atoms with Crippen LogP contribution in [-0.4, -0.2) is 18.1 Å². The summed E-state index contributed by atoms with van der Waals surface area (Å²) >= 11 is 0. The fourth-order valence-corrected chi connectivity index (χ4v) is 1.59. The minimum absolute atomic E-state index is 0.591. The quantitative estimate of drug-likeness (QED) is 0.685. The molecule has 2 rings (SSSR count). The van der Waals surface area contributed by atoms with Gasteiger partial charge in [-0.3, -0.25) is 0 Å². The highest BCUT2D eigenvalue weighted by atomic mass is 15.2. The maximum absolute atomic E-state index is 5.64. The summed E-state index contributed by atoms with van der Waals surface area (Å²) in [5, 5.41) is 0. The van der Waals surface area contributed by atoms with E-state index in [9.17, 15) is 0 Å². The van der Waals surface area contributed by atoms with Gasteiger partial charge in [-0.15, -0.1) is 0 Å². The second kappa shape index (κ2) is 3.70. The van der Waals surface area contributed by atoms with Gasteiger partial charge in [-0.1, -0.05) is 17.7 Å². The van der Waals surface area contributed by atoms with Gasteiger partial charge in [0.05, 0.1) is 0 Å². The van der Waals surface area contributed by atoms with Crippen molar-refractivity contribution in [2.24, 2.45) is 0 Å². The van der Waals surface area contributed by atoms with E-state index in [-0.39, 0.29) is 0 Å². The van der Waals surface area contributed by atoms with Crippen LogP contribution in [0.5, 0.6) is 0 Å². The van der Waals surface area contributed by atoms with Crippen LogP contribution in [0.25, 0.3) is 0 Å². The largest absolute Gasteiger partial charge is 0.384 e. The third-order valence-corrected chi connectivity index (χ3v) is 2.52. The van der Waals surface area contributed by atoms with E-state index in [1.165, 1.54) is 5.57 Å². The van der Waals surface area contributed by atoms with Crippen molar-refractivity contribution >= 4 is 11.6 Å². The summed E-state index contributed by atoms with van der Waals surface area (Å²) < 4.78 is 0. The van der Waals surface area contributed by atoms with Gasteiger partial charge in [0, 0.05) is 13.1 Å². The van der Waals surface area contributed by atoms with Crippen molar-refractivity contribution in [3.05, 3.63) is 29.8 Å². The lowest BCUT2D eigenvalue weighted by atomic mass is 10.1. The number of nitrogens with zero attached hydrogens (tertiary/aromatic N) is 2. The molecule has 0 fully saturated rings. The molecule has 0 unspecified atom stereocenters. The van der Waals surface area contributed by atoms with E-state index >= 15 is 0 Å². The number of nitrogen functional groups attached to an aromatic ring is 1. The zero-order valence-corrected chi connectivity index (χ0v) is 8.40. The van der Waals surface area contributed by atoms with Crippen LogP contribution in [0.2, 0.25) is 0 Å². The normalized spacial score (nSPS) is 16.6. The Hall–Kier alpha value is -1.51. The molecule has 2 N–H and O–H groups in total. The molecule has 0 bridgehead atoms. The lowest BCUT2D eigenvalue weighted by Gasteiger charge is -2.26. The monoisotopic (exact) mass is 189 g/mol. The molecule has 0 saturated carbocycles. The van der Waals surface area contributed by atoms with Gasteiger partial charge in [-0.2, -0.15) is 0 Å². The van der Waals surface area contributed by atoms with Crippen LogP contribution in [-0.2, 0) is 0 Å². The van der Waals surface area contributed by atoms with E-state index in [2.05, 4.69) is 22.9 Å². The van der Waals surface area contributed by atoms with Gasteiger partial charge in [-0.05, 0) is 25.5 Å². The maximum Gasteiger partial charge on any atom is 0.131 e. The molecule has 1 aromatic rings. The molecule has 1 aliphatic rings. The lowest BCUT2D eigenvalue weighted by Crippen LogP contribution is -2.28. The molecule has 14 heavy (non-hydrogen) atoms. The van der Waals surface area contributed by atoms with Crippen molar-refractivity contribution in [2.75, 3.05) is 23.7 Å². The molecular weight excluding hydrogens is 174 g/mol. The van der Waals surface area contributed by atoms with Gasteiger partial charge in [0.1, 0.15) is 11.6 Å². The van der Waals surface area contributed by atoms with Gasteiger partial charge in [0.25, 0.3) is 0 Å².